The van der Waals surface area contributed by atoms with Crippen molar-refractivity contribution in [1.82, 2.24) is 4.98 Å². The predicted octanol–water partition coefficient (Wildman–Crippen LogP) is 3.49. The summed E-state index contributed by atoms with van der Waals surface area (Å²) in [6, 6.07) is 6.33. The van der Waals surface area contributed by atoms with Crippen molar-refractivity contribution < 1.29 is 0 Å². The number of hydrogen-bond acceptors (Lipinski definition) is 0. The molecule has 0 saturated carbocycles. The molecule has 0 aliphatic rings. The highest BCUT2D eigenvalue weighted by atomic mass is 79.9. The standard InChI is InChI=1S/C10H10BrN/c1-2-7-6-12-10-5-8(11)3-4-9(7)10/h3-6,12H,2H2,1H3. The van der Waals surface area contributed by atoms with Crippen molar-refractivity contribution in [3.8, 4) is 0 Å². The SMILES string of the molecule is CCc1c[nH]c2cc(Br)ccc12. The van der Waals surface area contributed by atoms with Gasteiger partial charge >= 0.3 is 0 Å². The molecule has 0 bridgehead atoms. The van der Waals surface area contributed by atoms with E-state index in [0.717, 1.165) is 10.9 Å². The smallest absolute Gasteiger partial charge is 0.0468 e. The topological polar surface area (TPSA) is 15.8 Å². The molecule has 0 atom stereocenters. The van der Waals surface area contributed by atoms with Crippen molar-refractivity contribution in [1.29, 1.82) is 0 Å². The fourth-order valence-corrected chi connectivity index (χ4v) is 1.81. The maximum atomic E-state index is 3.44. The van der Waals surface area contributed by atoms with E-state index in [9.17, 15) is 0 Å². The quantitative estimate of drug-likeness (QED) is 0.763. The maximum absolute atomic E-state index is 3.44. The average Bonchev–Trinajstić information content (AvgIpc) is 2.46. The van der Waals surface area contributed by atoms with Crippen LogP contribution in [0.4, 0.5) is 0 Å². The Morgan fingerprint density at radius 2 is 2.25 bits per heavy atom. The highest BCUT2D eigenvalue weighted by Gasteiger charge is 2.00. The van der Waals surface area contributed by atoms with Crippen LogP contribution in [0.2, 0.25) is 0 Å². The number of aromatic nitrogens is 1. The molecule has 62 valence electrons. The number of nitrogens with one attached hydrogen (secondary N) is 1. The summed E-state index contributed by atoms with van der Waals surface area (Å²) in [5.41, 5.74) is 2.60. The molecule has 1 aromatic carbocycles. The molecule has 1 heterocycles. The third-order valence-corrected chi connectivity index (χ3v) is 2.60. The first-order valence-corrected chi connectivity index (χ1v) is 4.86. The van der Waals surface area contributed by atoms with Crippen LogP contribution in [0.3, 0.4) is 0 Å². The number of rotatable bonds is 1. The van der Waals surface area contributed by atoms with Gasteiger partial charge in [0.1, 0.15) is 0 Å². The molecule has 1 N–H and O–H groups in total. The molecule has 0 aliphatic heterocycles. The van der Waals surface area contributed by atoms with E-state index in [0.29, 0.717) is 0 Å². The minimum Gasteiger partial charge on any atom is -0.361 e. The van der Waals surface area contributed by atoms with Gasteiger partial charge in [-0.1, -0.05) is 28.9 Å². The van der Waals surface area contributed by atoms with Crippen LogP contribution in [0.15, 0.2) is 28.9 Å². The van der Waals surface area contributed by atoms with Crippen LogP contribution in [0.25, 0.3) is 10.9 Å². The number of aromatic amines is 1. The molecule has 0 spiro atoms. The van der Waals surface area contributed by atoms with E-state index in [-0.39, 0.29) is 0 Å². The van der Waals surface area contributed by atoms with Crippen LogP contribution in [0.5, 0.6) is 0 Å². The molecule has 1 nitrogen and oxygen atoms in total. The summed E-state index contributed by atoms with van der Waals surface area (Å²) in [5, 5.41) is 1.33. The number of hydrogen-bond donors (Lipinski definition) is 1. The average molecular weight is 224 g/mol. The van der Waals surface area contributed by atoms with E-state index in [1.165, 1.54) is 16.5 Å². The molecule has 0 amide bonds. The second-order valence-electron chi connectivity index (χ2n) is 2.86. The first kappa shape index (κ1) is 7.87. The Kier molecular flexibility index (Phi) is 1.93. The highest BCUT2D eigenvalue weighted by molar-refractivity contribution is 9.10. The number of benzene rings is 1. The zero-order valence-corrected chi connectivity index (χ0v) is 8.48. The lowest BCUT2D eigenvalue weighted by Gasteiger charge is -1.93. The van der Waals surface area contributed by atoms with Gasteiger partial charge in [0.05, 0.1) is 0 Å². The van der Waals surface area contributed by atoms with Crippen LogP contribution >= 0.6 is 15.9 Å². The van der Waals surface area contributed by atoms with E-state index in [1.54, 1.807) is 0 Å². The lowest BCUT2D eigenvalue weighted by atomic mass is 10.1. The van der Waals surface area contributed by atoms with Gasteiger partial charge in [0, 0.05) is 21.6 Å². The second-order valence-corrected chi connectivity index (χ2v) is 3.77. The zero-order chi connectivity index (χ0) is 8.55. The van der Waals surface area contributed by atoms with Gasteiger partial charge in [-0.15, -0.1) is 0 Å². The fourth-order valence-electron chi connectivity index (χ4n) is 1.45. The van der Waals surface area contributed by atoms with Crippen molar-refractivity contribution in [3.63, 3.8) is 0 Å². The van der Waals surface area contributed by atoms with Gasteiger partial charge in [-0.05, 0) is 24.1 Å². The Balaban J connectivity index is 2.73. The highest BCUT2D eigenvalue weighted by Crippen LogP contribution is 2.22. The minimum absolute atomic E-state index is 1.08. The van der Waals surface area contributed by atoms with Gasteiger partial charge in [-0.3, -0.25) is 0 Å². The van der Waals surface area contributed by atoms with E-state index >= 15 is 0 Å². The molecule has 0 fully saturated rings. The normalized spacial score (nSPS) is 10.8. The van der Waals surface area contributed by atoms with Crippen molar-refractivity contribution in [3.05, 3.63) is 34.4 Å². The van der Waals surface area contributed by atoms with Crippen LogP contribution in [0.1, 0.15) is 12.5 Å². The molecule has 2 rings (SSSR count). The zero-order valence-electron chi connectivity index (χ0n) is 6.89. The third kappa shape index (κ3) is 1.16. The molecule has 12 heavy (non-hydrogen) atoms. The summed E-state index contributed by atoms with van der Waals surface area (Å²) in [5.74, 6) is 0. The molecule has 0 aliphatic carbocycles. The van der Waals surface area contributed by atoms with E-state index in [2.05, 4.69) is 52.2 Å². The molecule has 1 aromatic heterocycles. The van der Waals surface area contributed by atoms with Crippen LogP contribution in [-0.2, 0) is 6.42 Å². The number of H-pyrrole nitrogens is 1. The maximum Gasteiger partial charge on any atom is 0.0468 e. The summed E-state index contributed by atoms with van der Waals surface area (Å²) in [6.07, 6.45) is 3.17. The summed E-state index contributed by atoms with van der Waals surface area (Å²) >= 11 is 3.44. The largest absolute Gasteiger partial charge is 0.361 e. The molecule has 2 aromatic rings. The second kappa shape index (κ2) is 2.94. The monoisotopic (exact) mass is 223 g/mol. The summed E-state index contributed by atoms with van der Waals surface area (Å²) < 4.78 is 1.12. The molecule has 0 saturated heterocycles. The molecular formula is C10H10BrN. The van der Waals surface area contributed by atoms with Gasteiger partial charge in [0.25, 0.3) is 0 Å². The molecular weight excluding hydrogens is 214 g/mol. The Bertz CT molecular complexity index is 403. The van der Waals surface area contributed by atoms with Gasteiger partial charge in [-0.25, -0.2) is 0 Å². The van der Waals surface area contributed by atoms with Gasteiger partial charge in [0.2, 0.25) is 0 Å². The molecule has 2 heteroatoms. The summed E-state index contributed by atoms with van der Waals surface area (Å²) in [4.78, 5) is 3.25. The van der Waals surface area contributed by atoms with Crippen LogP contribution in [-0.4, -0.2) is 4.98 Å². The number of halogens is 1. The Morgan fingerprint density at radius 3 is 3.00 bits per heavy atom. The molecule has 0 radical (unpaired) electrons. The fraction of sp³-hybridized carbons (Fsp3) is 0.200. The number of aryl methyl sites for hydroxylation is 1. The lowest BCUT2D eigenvalue weighted by molar-refractivity contribution is 1.15. The summed E-state index contributed by atoms with van der Waals surface area (Å²) in [7, 11) is 0. The van der Waals surface area contributed by atoms with Crippen molar-refractivity contribution in [2.24, 2.45) is 0 Å². The van der Waals surface area contributed by atoms with Gasteiger partial charge in [-0.2, -0.15) is 0 Å². The van der Waals surface area contributed by atoms with Gasteiger partial charge < -0.3 is 4.98 Å². The van der Waals surface area contributed by atoms with Gasteiger partial charge in [0.15, 0.2) is 0 Å². The Hall–Kier alpha value is -0.760. The van der Waals surface area contributed by atoms with E-state index in [1.807, 2.05) is 0 Å². The minimum atomic E-state index is 1.08. The van der Waals surface area contributed by atoms with Crippen LogP contribution < -0.4 is 0 Å². The van der Waals surface area contributed by atoms with E-state index in [4.69, 9.17) is 0 Å². The Morgan fingerprint density at radius 1 is 1.42 bits per heavy atom. The van der Waals surface area contributed by atoms with Crippen molar-refractivity contribution >= 4 is 26.8 Å². The first-order chi connectivity index (χ1) is 5.81. The molecule has 0 unspecified atom stereocenters. The Labute approximate surface area is 79.9 Å². The first-order valence-electron chi connectivity index (χ1n) is 4.07. The van der Waals surface area contributed by atoms with Crippen LogP contribution in [0, 0.1) is 0 Å². The predicted molar refractivity (Wildman–Crippen MR) is 55.4 cm³/mol. The number of fused-ring (bicyclic) bond motifs is 1. The lowest BCUT2D eigenvalue weighted by Crippen LogP contribution is -1.74. The van der Waals surface area contributed by atoms with Crippen molar-refractivity contribution in [2.75, 3.05) is 0 Å². The van der Waals surface area contributed by atoms with E-state index < -0.39 is 0 Å². The third-order valence-electron chi connectivity index (χ3n) is 2.11. The summed E-state index contributed by atoms with van der Waals surface area (Å²) in [6.45, 7) is 2.17. The van der Waals surface area contributed by atoms with Crippen molar-refractivity contribution in [2.45, 2.75) is 13.3 Å².